The van der Waals surface area contributed by atoms with Crippen molar-refractivity contribution in [2.75, 3.05) is 24.5 Å². The van der Waals surface area contributed by atoms with Gasteiger partial charge in [-0.3, -0.25) is 4.79 Å². The average Bonchev–Trinajstić information content (AvgIpc) is 2.45. The molecule has 0 bridgehead atoms. The van der Waals surface area contributed by atoms with Gasteiger partial charge in [0.15, 0.2) is 0 Å². The van der Waals surface area contributed by atoms with Crippen LogP contribution in [0, 0.1) is 12.8 Å². The molecule has 20 heavy (non-hydrogen) atoms. The Hall–Kier alpha value is -1.55. The molecular weight excluding hydrogens is 250 g/mol. The molecule has 0 saturated carbocycles. The Balaban J connectivity index is 1.99. The topological polar surface area (TPSA) is 58.4 Å². The molecular formula is C16H25N3O. The average molecular weight is 275 g/mol. The minimum Gasteiger partial charge on any atom is -0.371 e. The van der Waals surface area contributed by atoms with Crippen molar-refractivity contribution in [1.82, 2.24) is 5.32 Å². The minimum absolute atomic E-state index is 0.0664. The largest absolute Gasteiger partial charge is 0.371 e. The van der Waals surface area contributed by atoms with E-state index >= 15 is 0 Å². The third-order valence-corrected chi connectivity index (χ3v) is 4.11. The van der Waals surface area contributed by atoms with Gasteiger partial charge in [0.1, 0.15) is 0 Å². The Morgan fingerprint density at radius 2 is 2.10 bits per heavy atom. The van der Waals surface area contributed by atoms with Crippen molar-refractivity contribution < 1.29 is 4.79 Å². The number of benzene rings is 1. The molecule has 4 nitrogen and oxygen atoms in total. The van der Waals surface area contributed by atoms with Crippen molar-refractivity contribution in [3.63, 3.8) is 0 Å². The second-order valence-corrected chi connectivity index (χ2v) is 5.65. The summed E-state index contributed by atoms with van der Waals surface area (Å²) >= 11 is 0. The molecule has 0 radical (unpaired) electrons. The molecule has 0 aromatic heterocycles. The first-order chi connectivity index (χ1) is 9.61. The summed E-state index contributed by atoms with van der Waals surface area (Å²) in [5.41, 5.74) is 9.70. The van der Waals surface area contributed by atoms with Crippen molar-refractivity contribution in [3.8, 4) is 0 Å². The van der Waals surface area contributed by atoms with Gasteiger partial charge < -0.3 is 16.0 Å². The molecule has 110 valence electrons. The number of aryl methyl sites for hydroxylation is 1. The molecule has 1 amide bonds. The van der Waals surface area contributed by atoms with Crippen LogP contribution in [-0.2, 0) is 11.3 Å². The molecule has 4 heteroatoms. The Labute approximate surface area is 121 Å². The van der Waals surface area contributed by atoms with E-state index < -0.39 is 0 Å². The van der Waals surface area contributed by atoms with Crippen LogP contribution in [0.5, 0.6) is 0 Å². The molecule has 0 aliphatic carbocycles. The monoisotopic (exact) mass is 275 g/mol. The van der Waals surface area contributed by atoms with Gasteiger partial charge in [-0.2, -0.15) is 0 Å². The molecule has 1 aromatic carbocycles. The number of nitrogens with two attached hydrogens (primary N) is 1. The molecule has 1 aliphatic heterocycles. The maximum Gasteiger partial charge on any atom is 0.216 e. The molecule has 3 N–H and O–H groups in total. The highest BCUT2D eigenvalue weighted by molar-refractivity contribution is 5.72. The highest BCUT2D eigenvalue weighted by Crippen LogP contribution is 2.29. The Bertz CT molecular complexity index is 465. The Morgan fingerprint density at radius 1 is 1.40 bits per heavy atom. The maximum absolute atomic E-state index is 11.0. The van der Waals surface area contributed by atoms with Crippen LogP contribution in [0.15, 0.2) is 18.2 Å². The predicted octanol–water partition coefficient (Wildman–Crippen LogP) is 1.81. The number of amides is 1. The zero-order valence-corrected chi connectivity index (χ0v) is 12.5. The number of piperidine rings is 1. The number of nitrogens with zero attached hydrogens (tertiary/aromatic N) is 1. The van der Waals surface area contributed by atoms with Gasteiger partial charge in [0.05, 0.1) is 0 Å². The van der Waals surface area contributed by atoms with E-state index in [9.17, 15) is 4.79 Å². The lowest BCUT2D eigenvalue weighted by Crippen LogP contribution is -2.39. The van der Waals surface area contributed by atoms with E-state index in [2.05, 4.69) is 35.3 Å². The van der Waals surface area contributed by atoms with Crippen molar-refractivity contribution in [2.24, 2.45) is 11.7 Å². The van der Waals surface area contributed by atoms with E-state index in [1.807, 2.05) is 0 Å². The van der Waals surface area contributed by atoms with Gasteiger partial charge in [0.2, 0.25) is 5.91 Å². The van der Waals surface area contributed by atoms with Gasteiger partial charge in [-0.1, -0.05) is 18.2 Å². The summed E-state index contributed by atoms with van der Waals surface area (Å²) in [6, 6.07) is 6.34. The third kappa shape index (κ3) is 3.51. The van der Waals surface area contributed by atoms with Crippen molar-refractivity contribution in [2.45, 2.75) is 33.2 Å². The quantitative estimate of drug-likeness (QED) is 0.881. The van der Waals surface area contributed by atoms with Gasteiger partial charge in [0.25, 0.3) is 0 Å². The highest BCUT2D eigenvalue weighted by Gasteiger charge is 2.21. The number of rotatable bonds is 4. The van der Waals surface area contributed by atoms with Crippen LogP contribution in [0.4, 0.5) is 5.69 Å². The SMILES string of the molecule is CC(=O)NCC1CCN(c2c(C)cccc2CN)CC1. The van der Waals surface area contributed by atoms with Gasteiger partial charge >= 0.3 is 0 Å². The molecule has 1 saturated heterocycles. The molecule has 0 unspecified atom stereocenters. The van der Waals surface area contributed by atoms with E-state index in [0.717, 1.165) is 32.5 Å². The first-order valence-corrected chi connectivity index (χ1v) is 7.39. The summed E-state index contributed by atoms with van der Waals surface area (Å²) in [7, 11) is 0. The number of hydrogen-bond acceptors (Lipinski definition) is 3. The van der Waals surface area contributed by atoms with Crippen LogP contribution < -0.4 is 16.0 Å². The second-order valence-electron chi connectivity index (χ2n) is 5.65. The number of nitrogens with one attached hydrogen (secondary N) is 1. The Kier molecular flexibility index (Phi) is 5.01. The number of anilines is 1. The summed E-state index contributed by atoms with van der Waals surface area (Å²) in [5, 5.41) is 2.93. The van der Waals surface area contributed by atoms with Crippen LogP contribution in [0.1, 0.15) is 30.9 Å². The van der Waals surface area contributed by atoms with E-state index in [1.54, 1.807) is 6.92 Å². The summed E-state index contributed by atoms with van der Waals surface area (Å²) in [5.74, 6) is 0.664. The lowest BCUT2D eigenvalue weighted by molar-refractivity contribution is -0.119. The fourth-order valence-electron chi connectivity index (χ4n) is 2.99. The fourth-order valence-corrected chi connectivity index (χ4v) is 2.99. The molecule has 1 fully saturated rings. The van der Waals surface area contributed by atoms with Crippen LogP contribution in [0.25, 0.3) is 0 Å². The smallest absolute Gasteiger partial charge is 0.216 e. The van der Waals surface area contributed by atoms with Gasteiger partial charge in [-0.05, 0) is 36.8 Å². The predicted molar refractivity (Wildman–Crippen MR) is 82.7 cm³/mol. The van der Waals surface area contributed by atoms with Gasteiger partial charge in [-0.15, -0.1) is 0 Å². The Morgan fingerprint density at radius 3 is 2.70 bits per heavy atom. The molecule has 1 heterocycles. The van der Waals surface area contributed by atoms with Crippen molar-refractivity contribution in [3.05, 3.63) is 29.3 Å². The number of hydrogen-bond donors (Lipinski definition) is 2. The lowest BCUT2D eigenvalue weighted by atomic mass is 9.95. The van der Waals surface area contributed by atoms with Crippen LogP contribution in [-0.4, -0.2) is 25.5 Å². The number of para-hydroxylation sites is 1. The second kappa shape index (κ2) is 6.75. The molecule has 0 spiro atoms. The zero-order valence-electron chi connectivity index (χ0n) is 12.5. The van der Waals surface area contributed by atoms with Crippen molar-refractivity contribution >= 4 is 11.6 Å². The van der Waals surface area contributed by atoms with Crippen LogP contribution >= 0.6 is 0 Å². The van der Waals surface area contributed by atoms with Crippen LogP contribution in [0.3, 0.4) is 0 Å². The molecule has 2 rings (SSSR count). The first kappa shape index (κ1) is 14.9. The molecule has 0 atom stereocenters. The normalized spacial score (nSPS) is 16.2. The standard InChI is InChI=1S/C16H25N3O/c1-12-4-3-5-15(10-17)16(12)19-8-6-14(7-9-19)11-18-13(2)20/h3-5,14H,6-11,17H2,1-2H3,(H,18,20). The highest BCUT2D eigenvalue weighted by atomic mass is 16.1. The maximum atomic E-state index is 11.0. The van der Waals surface area contributed by atoms with Gasteiger partial charge in [-0.25, -0.2) is 0 Å². The zero-order chi connectivity index (χ0) is 14.5. The first-order valence-electron chi connectivity index (χ1n) is 7.39. The molecule has 1 aromatic rings. The molecule has 1 aliphatic rings. The van der Waals surface area contributed by atoms with E-state index in [0.29, 0.717) is 12.5 Å². The number of carbonyl (C=O) groups is 1. The minimum atomic E-state index is 0.0664. The van der Waals surface area contributed by atoms with E-state index in [1.165, 1.54) is 16.8 Å². The summed E-state index contributed by atoms with van der Waals surface area (Å²) in [4.78, 5) is 13.4. The summed E-state index contributed by atoms with van der Waals surface area (Å²) < 4.78 is 0. The number of carbonyl (C=O) groups excluding carboxylic acids is 1. The fraction of sp³-hybridized carbons (Fsp3) is 0.562. The van der Waals surface area contributed by atoms with E-state index in [-0.39, 0.29) is 5.91 Å². The third-order valence-electron chi connectivity index (χ3n) is 4.11. The van der Waals surface area contributed by atoms with Gasteiger partial charge in [0, 0.05) is 38.8 Å². The lowest BCUT2D eigenvalue weighted by Gasteiger charge is -2.35. The summed E-state index contributed by atoms with van der Waals surface area (Å²) in [6.45, 7) is 7.21. The van der Waals surface area contributed by atoms with Crippen molar-refractivity contribution in [1.29, 1.82) is 0 Å². The van der Waals surface area contributed by atoms with E-state index in [4.69, 9.17) is 5.73 Å². The van der Waals surface area contributed by atoms with Crippen LogP contribution in [0.2, 0.25) is 0 Å². The summed E-state index contributed by atoms with van der Waals surface area (Å²) in [6.07, 6.45) is 2.25.